The predicted octanol–water partition coefficient (Wildman–Crippen LogP) is 1.65. The van der Waals surface area contributed by atoms with Gasteiger partial charge in [0.05, 0.1) is 6.54 Å². The Morgan fingerprint density at radius 2 is 1.90 bits per heavy atom. The first-order valence-corrected chi connectivity index (χ1v) is 8.53. The van der Waals surface area contributed by atoms with E-state index >= 15 is 0 Å². The van der Waals surface area contributed by atoms with Crippen molar-refractivity contribution in [2.45, 2.75) is 58.4 Å². The van der Waals surface area contributed by atoms with Crippen LogP contribution in [0.5, 0.6) is 0 Å². The van der Waals surface area contributed by atoms with Crippen molar-refractivity contribution >= 4 is 11.9 Å². The third-order valence-corrected chi connectivity index (χ3v) is 4.43. The van der Waals surface area contributed by atoms with Gasteiger partial charge in [0.15, 0.2) is 5.96 Å². The number of guanidine groups is 1. The van der Waals surface area contributed by atoms with Gasteiger partial charge in [-0.2, -0.15) is 0 Å². The van der Waals surface area contributed by atoms with Crippen LogP contribution in [-0.2, 0) is 4.79 Å². The molecule has 2 fully saturated rings. The Balaban J connectivity index is 1.65. The third-order valence-electron chi connectivity index (χ3n) is 4.43. The molecule has 120 valence electrons. The van der Waals surface area contributed by atoms with Gasteiger partial charge in [-0.1, -0.05) is 26.2 Å². The van der Waals surface area contributed by atoms with Crippen molar-refractivity contribution in [2.24, 2.45) is 16.8 Å². The lowest BCUT2D eigenvalue weighted by atomic mass is 9.89. The van der Waals surface area contributed by atoms with Gasteiger partial charge in [-0.25, -0.2) is 0 Å². The molecule has 2 saturated carbocycles. The fraction of sp³-hybridized carbons (Fsp3) is 0.875. The second-order valence-electron chi connectivity index (χ2n) is 6.35. The quantitative estimate of drug-likeness (QED) is 0.396. The Hall–Kier alpha value is -1.26. The maximum Gasteiger partial charge on any atom is 0.223 e. The van der Waals surface area contributed by atoms with E-state index in [1.54, 1.807) is 0 Å². The Kier molecular flexibility index (Phi) is 6.33. The van der Waals surface area contributed by atoms with Gasteiger partial charge in [-0.15, -0.1) is 0 Å². The summed E-state index contributed by atoms with van der Waals surface area (Å²) in [5.74, 6) is 2.08. The van der Waals surface area contributed by atoms with Crippen LogP contribution in [0.1, 0.15) is 52.4 Å². The molecule has 0 saturated heterocycles. The van der Waals surface area contributed by atoms with Crippen molar-refractivity contribution in [1.29, 1.82) is 0 Å². The summed E-state index contributed by atoms with van der Waals surface area (Å²) in [4.78, 5) is 16.5. The molecule has 0 aliphatic heterocycles. The van der Waals surface area contributed by atoms with E-state index in [1.165, 1.54) is 25.7 Å². The maximum absolute atomic E-state index is 12.0. The molecule has 2 atom stereocenters. The number of rotatable bonds is 6. The maximum atomic E-state index is 12.0. The van der Waals surface area contributed by atoms with E-state index in [1.807, 2.05) is 0 Å². The normalized spacial score (nSPS) is 26.3. The minimum Gasteiger partial charge on any atom is -0.357 e. The fourth-order valence-electron chi connectivity index (χ4n) is 2.87. The van der Waals surface area contributed by atoms with Gasteiger partial charge in [0.25, 0.3) is 0 Å². The fourth-order valence-corrected chi connectivity index (χ4v) is 2.87. The molecule has 2 rings (SSSR count). The molecule has 0 aromatic heterocycles. The second-order valence-corrected chi connectivity index (χ2v) is 6.35. The molecule has 5 heteroatoms. The van der Waals surface area contributed by atoms with E-state index in [2.05, 4.69) is 34.8 Å². The molecule has 0 radical (unpaired) electrons. The van der Waals surface area contributed by atoms with E-state index in [9.17, 15) is 4.79 Å². The summed E-state index contributed by atoms with van der Waals surface area (Å²) in [5, 5.41) is 9.70. The van der Waals surface area contributed by atoms with Gasteiger partial charge in [0.2, 0.25) is 5.91 Å². The van der Waals surface area contributed by atoms with E-state index in [0.29, 0.717) is 19.1 Å². The van der Waals surface area contributed by atoms with Crippen LogP contribution in [0.25, 0.3) is 0 Å². The summed E-state index contributed by atoms with van der Waals surface area (Å²) in [5.41, 5.74) is 0. The van der Waals surface area contributed by atoms with Crippen LogP contribution in [0, 0.1) is 11.8 Å². The smallest absolute Gasteiger partial charge is 0.223 e. The van der Waals surface area contributed by atoms with Crippen LogP contribution < -0.4 is 16.0 Å². The summed E-state index contributed by atoms with van der Waals surface area (Å²) in [6.07, 6.45) is 7.01. The van der Waals surface area contributed by atoms with Crippen molar-refractivity contribution in [2.75, 3.05) is 19.6 Å². The highest BCUT2D eigenvalue weighted by Crippen LogP contribution is 2.28. The molecule has 0 aromatic carbocycles. The number of hydrogen-bond acceptors (Lipinski definition) is 2. The summed E-state index contributed by atoms with van der Waals surface area (Å²) in [6, 6.07) is 0.569. The van der Waals surface area contributed by atoms with Gasteiger partial charge in [0.1, 0.15) is 0 Å². The molecule has 0 spiro atoms. The van der Waals surface area contributed by atoms with E-state index < -0.39 is 0 Å². The molecular formula is C16H30N4O. The summed E-state index contributed by atoms with van der Waals surface area (Å²) >= 11 is 0. The third kappa shape index (κ3) is 5.56. The number of hydrogen-bond donors (Lipinski definition) is 3. The highest BCUT2D eigenvalue weighted by Gasteiger charge is 2.33. The molecular weight excluding hydrogens is 264 g/mol. The summed E-state index contributed by atoms with van der Waals surface area (Å²) in [6.45, 7) is 6.44. The van der Waals surface area contributed by atoms with Crippen molar-refractivity contribution < 1.29 is 4.79 Å². The molecule has 2 unspecified atom stereocenters. The molecule has 0 bridgehead atoms. The number of amides is 1. The number of nitrogens with zero attached hydrogens (tertiary/aromatic N) is 1. The van der Waals surface area contributed by atoms with Crippen LogP contribution >= 0.6 is 0 Å². The van der Waals surface area contributed by atoms with Gasteiger partial charge in [-0.3, -0.25) is 9.79 Å². The van der Waals surface area contributed by atoms with Gasteiger partial charge < -0.3 is 16.0 Å². The minimum atomic E-state index is 0.221. The topological polar surface area (TPSA) is 65.5 Å². The Bertz CT molecular complexity index is 363. The molecule has 5 nitrogen and oxygen atoms in total. The van der Waals surface area contributed by atoms with E-state index in [0.717, 1.165) is 31.3 Å². The summed E-state index contributed by atoms with van der Waals surface area (Å²) < 4.78 is 0. The standard InChI is InChI=1S/C16H30N4O/c1-3-17-16(20-14-11-12(14)2)19-10-9-18-15(21)13-7-5-4-6-8-13/h12-14H,3-11H2,1-2H3,(H,18,21)(H2,17,19,20). The SMILES string of the molecule is CCNC(=NCCNC(=O)C1CCCCC1)NC1CC1C. The number of carbonyl (C=O) groups excluding carboxylic acids is 1. The Morgan fingerprint density at radius 3 is 2.52 bits per heavy atom. The predicted molar refractivity (Wildman–Crippen MR) is 86.3 cm³/mol. The zero-order valence-electron chi connectivity index (χ0n) is 13.5. The number of carbonyl (C=O) groups is 1. The lowest BCUT2D eigenvalue weighted by Crippen LogP contribution is -2.40. The Labute approximate surface area is 128 Å². The van der Waals surface area contributed by atoms with Crippen molar-refractivity contribution in [3.63, 3.8) is 0 Å². The molecule has 2 aliphatic rings. The van der Waals surface area contributed by atoms with Gasteiger partial charge >= 0.3 is 0 Å². The Morgan fingerprint density at radius 1 is 1.19 bits per heavy atom. The highest BCUT2D eigenvalue weighted by molar-refractivity contribution is 5.80. The lowest BCUT2D eigenvalue weighted by Gasteiger charge is -2.20. The van der Waals surface area contributed by atoms with Crippen LogP contribution in [-0.4, -0.2) is 37.5 Å². The molecule has 0 aromatic rings. The molecule has 21 heavy (non-hydrogen) atoms. The van der Waals surface area contributed by atoms with Crippen LogP contribution in [0.4, 0.5) is 0 Å². The van der Waals surface area contributed by atoms with Crippen molar-refractivity contribution in [3.8, 4) is 0 Å². The van der Waals surface area contributed by atoms with Crippen LogP contribution in [0.2, 0.25) is 0 Å². The first-order chi connectivity index (χ1) is 10.2. The first kappa shape index (κ1) is 16.1. The second kappa shape index (κ2) is 8.25. The largest absolute Gasteiger partial charge is 0.357 e. The van der Waals surface area contributed by atoms with Crippen LogP contribution in [0.15, 0.2) is 4.99 Å². The van der Waals surface area contributed by atoms with Crippen molar-refractivity contribution in [1.82, 2.24) is 16.0 Å². The van der Waals surface area contributed by atoms with Gasteiger partial charge in [-0.05, 0) is 32.1 Å². The minimum absolute atomic E-state index is 0.221. The first-order valence-electron chi connectivity index (χ1n) is 8.53. The zero-order chi connectivity index (χ0) is 15.1. The molecule has 0 heterocycles. The average Bonchev–Trinajstić information content (AvgIpc) is 3.19. The average molecular weight is 294 g/mol. The number of nitrogens with one attached hydrogen (secondary N) is 3. The summed E-state index contributed by atoms with van der Waals surface area (Å²) in [7, 11) is 0. The van der Waals surface area contributed by atoms with Crippen LogP contribution in [0.3, 0.4) is 0 Å². The van der Waals surface area contributed by atoms with E-state index in [-0.39, 0.29) is 11.8 Å². The molecule has 3 N–H and O–H groups in total. The zero-order valence-corrected chi connectivity index (χ0v) is 13.5. The van der Waals surface area contributed by atoms with Gasteiger partial charge in [0, 0.05) is 25.0 Å². The van der Waals surface area contributed by atoms with E-state index in [4.69, 9.17) is 0 Å². The molecule has 2 aliphatic carbocycles. The molecule has 1 amide bonds. The lowest BCUT2D eigenvalue weighted by molar-refractivity contribution is -0.125. The monoisotopic (exact) mass is 294 g/mol. The van der Waals surface area contributed by atoms with Crippen molar-refractivity contribution in [3.05, 3.63) is 0 Å². The number of aliphatic imine (C=N–C) groups is 1. The highest BCUT2D eigenvalue weighted by atomic mass is 16.1.